The van der Waals surface area contributed by atoms with Crippen molar-refractivity contribution in [1.82, 2.24) is 4.98 Å². The molecule has 1 aliphatic heterocycles. The molecule has 5 nitrogen and oxygen atoms in total. The fourth-order valence-corrected chi connectivity index (χ4v) is 2.10. The monoisotopic (exact) mass is 300 g/mol. The zero-order valence-corrected chi connectivity index (χ0v) is 11.2. The van der Waals surface area contributed by atoms with Crippen LogP contribution in [0.1, 0.15) is 10.5 Å². The van der Waals surface area contributed by atoms with Crippen molar-refractivity contribution in [3.8, 4) is 0 Å². The van der Waals surface area contributed by atoms with Crippen molar-refractivity contribution in [2.75, 3.05) is 32.2 Å². The SMILES string of the molecule is COC(=O)c1ccc(Br)c(N2CC(OC)C2)n1. The summed E-state index contributed by atoms with van der Waals surface area (Å²) >= 11 is 3.42. The molecule has 1 aromatic rings. The van der Waals surface area contributed by atoms with Crippen molar-refractivity contribution in [3.63, 3.8) is 0 Å². The molecular weight excluding hydrogens is 288 g/mol. The Labute approximate surface area is 108 Å². The van der Waals surface area contributed by atoms with Gasteiger partial charge in [-0.2, -0.15) is 0 Å². The quantitative estimate of drug-likeness (QED) is 0.791. The minimum absolute atomic E-state index is 0.241. The van der Waals surface area contributed by atoms with E-state index in [4.69, 9.17) is 4.74 Å². The lowest BCUT2D eigenvalue weighted by molar-refractivity contribution is 0.0593. The standard InChI is InChI=1S/C11H13BrN2O3/c1-16-7-5-14(6-7)10-8(12)3-4-9(13-10)11(15)17-2/h3-4,7H,5-6H2,1-2H3. The summed E-state index contributed by atoms with van der Waals surface area (Å²) in [7, 11) is 3.03. The molecule has 1 aliphatic rings. The predicted octanol–water partition coefficient (Wildman–Crippen LogP) is 1.47. The van der Waals surface area contributed by atoms with Crippen molar-refractivity contribution in [2.45, 2.75) is 6.10 Å². The molecule has 2 heterocycles. The molecule has 0 unspecified atom stereocenters. The van der Waals surface area contributed by atoms with Gasteiger partial charge in [-0.1, -0.05) is 0 Å². The molecule has 1 aromatic heterocycles. The molecule has 0 aromatic carbocycles. The summed E-state index contributed by atoms with van der Waals surface area (Å²) in [5.74, 6) is 0.323. The van der Waals surface area contributed by atoms with Crippen LogP contribution >= 0.6 is 15.9 Å². The molecule has 0 aliphatic carbocycles. The van der Waals surface area contributed by atoms with Gasteiger partial charge in [-0.15, -0.1) is 0 Å². The zero-order chi connectivity index (χ0) is 12.4. The number of methoxy groups -OCH3 is 2. The molecule has 0 radical (unpaired) electrons. The number of carbonyl (C=O) groups is 1. The average Bonchev–Trinajstić information content (AvgIpc) is 2.29. The molecule has 6 heteroatoms. The number of hydrogen-bond donors (Lipinski definition) is 0. The fourth-order valence-electron chi connectivity index (χ4n) is 1.63. The molecule has 0 spiro atoms. The lowest BCUT2D eigenvalue weighted by Gasteiger charge is -2.39. The Bertz CT molecular complexity index is 433. The Morgan fingerprint density at radius 1 is 1.47 bits per heavy atom. The molecule has 2 rings (SSSR count). The molecule has 0 bridgehead atoms. The molecule has 1 fully saturated rings. The van der Waals surface area contributed by atoms with Gasteiger partial charge in [-0.25, -0.2) is 9.78 Å². The normalized spacial score (nSPS) is 15.6. The number of hydrogen-bond acceptors (Lipinski definition) is 5. The van der Waals surface area contributed by atoms with Gasteiger partial charge in [0.2, 0.25) is 0 Å². The summed E-state index contributed by atoms with van der Waals surface area (Å²) in [6, 6.07) is 3.43. The summed E-state index contributed by atoms with van der Waals surface area (Å²) in [5.41, 5.74) is 0.312. The third-order valence-corrected chi connectivity index (χ3v) is 3.32. The van der Waals surface area contributed by atoms with Gasteiger partial charge in [-0.3, -0.25) is 0 Å². The molecule has 17 heavy (non-hydrogen) atoms. The number of nitrogens with zero attached hydrogens (tertiary/aromatic N) is 2. The number of halogens is 1. The van der Waals surface area contributed by atoms with Crippen molar-refractivity contribution in [3.05, 3.63) is 22.3 Å². The van der Waals surface area contributed by atoms with Crippen LogP contribution < -0.4 is 4.90 Å². The van der Waals surface area contributed by atoms with Crippen LogP contribution in [0.2, 0.25) is 0 Å². The summed E-state index contributed by atoms with van der Waals surface area (Å²) in [6.45, 7) is 1.57. The first kappa shape index (κ1) is 12.3. The topological polar surface area (TPSA) is 51.7 Å². The van der Waals surface area contributed by atoms with Gasteiger partial charge in [0.05, 0.1) is 17.7 Å². The molecule has 0 atom stereocenters. The second-order valence-corrected chi connectivity index (χ2v) is 4.61. The number of aromatic nitrogens is 1. The number of esters is 1. The van der Waals surface area contributed by atoms with Crippen molar-refractivity contribution >= 4 is 27.7 Å². The maximum atomic E-state index is 11.4. The Balaban J connectivity index is 2.19. The first-order valence-electron chi connectivity index (χ1n) is 5.18. The van der Waals surface area contributed by atoms with E-state index in [0.29, 0.717) is 5.69 Å². The summed E-state index contributed by atoms with van der Waals surface area (Å²) in [5, 5.41) is 0. The van der Waals surface area contributed by atoms with E-state index in [9.17, 15) is 4.79 Å². The van der Waals surface area contributed by atoms with E-state index in [-0.39, 0.29) is 6.10 Å². The first-order valence-corrected chi connectivity index (χ1v) is 5.97. The van der Waals surface area contributed by atoms with Crippen molar-refractivity contribution < 1.29 is 14.3 Å². The number of ether oxygens (including phenoxy) is 2. The Hall–Kier alpha value is -1.14. The highest BCUT2D eigenvalue weighted by Crippen LogP contribution is 2.28. The molecule has 0 amide bonds. The molecule has 92 valence electrons. The van der Waals surface area contributed by atoms with E-state index < -0.39 is 5.97 Å². The van der Waals surface area contributed by atoms with Crippen LogP contribution in [0.3, 0.4) is 0 Å². The highest BCUT2D eigenvalue weighted by Gasteiger charge is 2.29. The second-order valence-electron chi connectivity index (χ2n) is 3.76. The largest absolute Gasteiger partial charge is 0.464 e. The van der Waals surface area contributed by atoms with Crippen LogP contribution in [0.15, 0.2) is 16.6 Å². The maximum Gasteiger partial charge on any atom is 0.356 e. The van der Waals surface area contributed by atoms with Crippen LogP contribution in [0.25, 0.3) is 0 Å². The molecule has 1 saturated heterocycles. The van der Waals surface area contributed by atoms with Crippen LogP contribution in [-0.4, -0.2) is 44.4 Å². The van der Waals surface area contributed by atoms with E-state index >= 15 is 0 Å². The Morgan fingerprint density at radius 2 is 2.18 bits per heavy atom. The van der Waals surface area contributed by atoms with Gasteiger partial charge in [0, 0.05) is 20.2 Å². The minimum Gasteiger partial charge on any atom is -0.464 e. The van der Waals surface area contributed by atoms with Gasteiger partial charge >= 0.3 is 5.97 Å². The third kappa shape index (κ3) is 2.42. The number of anilines is 1. The predicted molar refractivity (Wildman–Crippen MR) is 66.3 cm³/mol. The van der Waals surface area contributed by atoms with Crippen LogP contribution in [0.4, 0.5) is 5.82 Å². The molecular formula is C11H13BrN2O3. The lowest BCUT2D eigenvalue weighted by atomic mass is 10.1. The van der Waals surface area contributed by atoms with Gasteiger partial charge in [0.15, 0.2) is 5.69 Å². The molecule has 0 N–H and O–H groups in total. The minimum atomic E-state index is -0.428. The first-order chi connectivity index (χ1) is 8.15. The fraction of sp³-hybridized carbons (Fsp3) is 0.455. The summed E-state index contributed by atoms with van der Waals surface area (Å²) in [4.78, 5) is 17.7. The Morgan fingerprint density at radius 3 is 2.76 bits per heavy atom. The van der Waals surface area contributed by atoms with E-state index in [0.717, 1.165) is 23.4 Å². The van der Waals surface area contributed by atoms with E-state index in [1.807, 2.05) is 4.90 Å². The Kier molecular flexibility index (Phi) is 3.63. The number of pyridine rings is 1. The van der Waals surface area contributed by atoms with E-state index in [1.54, 1.807) is 19.2 Å². The van der Waals surface area contributed by atoms with Gasteiger partial charge in [-0.05, 0) is 28.1 Å². The van der Waals surface area contributed by atoms with Gasteiger partial charge in [0.1, 0.15) is 5.82 Å². The van der Waals surface area contributed by atoms with E-state index in [1.165, 1.54) is 7.11 Å². The molecule has 0 saturated carbocycles. The highest BCUT2D eigenvalue weighted by molar-refractivity contribution is 9.10. The maximum absolute atomic E-state index is 11.4. The van der Waals surface area contributed by atoms with Crippen LogP contribution in [-0.2, 0) is 9.47 Å². The number of rotatable bonds is 3. The second kappa shape index (κ2) is 5.01. The van der Waals surface area contributed by atoms with Crippen molar-refractivity contribution in [2.24, 2.45) is 0 Å². The van der Waals surface area contributed by atoms with Gasteiger partial charge < -0.3 is 14.4 Å². The lowest BCUT2D eigenvalue weighted by Crippen LogP contribution is -2.52. The van der Waals surface area contributed by atoms with Gasteiger partial charge in [0.25, 0.3) is 0 Å². The van der Waals surface area contributed by atoms with E-state index in [2.05, 4.69) is 25.7 Å². The smallest absolute Gasteiger partial charge is 0.356 e. The summed E-state index contributed by atoms with van der Waals surface area (Å²) < 4.78 is 10.7. The average molecular weight is 301 g/mol. The van der Waals surface area contributed by atoms with Crippen molar-refractivity contribution in [1.29, 1.82) is 0 Å². The zero-order valence-electron chi connectivity index (χ0n) is 9.64. The number of carbonyl (C=O) groups excluding carboxylic acids is 1. The van der Waals surface area contributed by atoms with Crippen LogP contribution in [0, 0.1) is 0 Å². The van der Waals surface area contributed by atoms with Crippen LogP contribution in [0.5, 0.6) is 0 Å². The summed E-state index contributed by atoms with van der Waals surface area (Å²) in [6.07, 6.45) is 0.241. The highest BCUT2D eigenvalue weighted by atomic mass is 79.9. The third-order valence-electron chi connectivity index (χ3n) is 2.70.